The van der Waals surface area contributed by atoms with Crippen LogP contribution in [0.5, 0.6) is 0 Å². The Balaban J connectivity index is 0.955. The summed E-state index contributed by atoms with van der Waals surface area (Å²) in [6.07, 6.45) is -0.515. The van der Waals surface area contributed by atoms with Crippen LogP contribution in [0.3, 0.4) is 0 Å². The highest BCUT2D eigenvalue weighted by Gasteiger charge is 2.21. The van der Waals surface area contributed by atoms with Gasteiger partial charge in [0.2, 0.25) is 0 Å². The fraction of sp³-hybridized carbons (Fsp3) is 0.0172. The number of hydrogen-bond acceptors (Lipinski definition) is 3. The first-order chi connectivity index (χ1) is 31.7. The van der Waals surface area contributed by atoms with Crippen molar-refractivity contribution in [1.82, 2.24) is 9.13 Å². The molecule has 4 aromatic heterocycles. The topological polar surface area (TPSA) is 49.5 Å². The van der Waals surface area contributed by atoms with Gasteiger partial charge in [-0.05, 0) is 88.3 Å². The Hall–Kier alpha value is -8.19. The fourth-order valence-corrected chi connectivity index (χ4v) is 11.3. The summed E-state index contributed by atoms with van der Waals surface area (Å²) in [7, 11) is 0. The Bertz CT molecular complexity index is 4170. The number of hydrogen-bond donors (Lipinski definition) is 0. The van der Waals surface area contributed by atoms with Gasteiger partial charge in [-0.2, -0.15) is 0 Å². The molecule has 1 atom stereocenters. The summed E-state index contributed by atoms with van der Waals surface area (Å²) in [5.41, 5.74) is 13.0. The van der Waals surface area contributed by atoms with Gasteiger partial charge in [-0.3, -0.25) is 4.99 Å². The van der Waals surface area contributed by atoms with Gasteiger partial charge in [0.25, 0.3) is 0 Å². The Morgan fingerprint density at radius 1 is 0.453 bits per heavy atom. The van der Waals surface area contributed by atoms with E-state index >= 15 is 0 Å². The molecule has 0 saturated carbocycles. The number of rotatable bonds is 5. The predicted molar refractivity (Wildman–Crippen MR) is 266 cm³/mol. The number of thiophene rings is 1. The summed E-state index contributed by atoms with van der Waals surface area (Å²) in [5.74, 6) is 0. The number of para-hydroxylation sites is 2. The maximum absolute atomic E-state index is 6.21. The Kier molecular flexibility index (Phi) is 7.55. The fourth-order valence-electron chi connectivity index (χ4n) is 10.2. The minimum atomic E-state index is -0.515. The van der Waals surface area contributed by atoms with Crippen molar-refractivity contribution in [2.75, 3.05) is 0 Å². The first-order valence-electron chi connectivity index (χ1n) is 21.7. The van der Waals surface area contributed by atoms with Gasteiger partial charge in [0.1, 0.15) is 11.2 Å². The third-order valence-corrected chi connectivity index (χ3v) is 14.3. The highest BCUT2D eigenvalue weighted by Crippen LogP contribution is 2.43. The van der Waals surface area contributed by atoms with Crippen molar-refractivity contribution in [3.05, 3.63) is 227 Å². The van der Waals surface area contributed by atoms with Crippen LogP contribution in [-0.2, 0) is 0 Å². The molecule has 1 unspecified atom stereocenters. The maximum atomic E-state index is 6.21. The molecule has 0 fully saturated rings. The van der Waals surface area contributed by atoms with Crippen LogP contribution in [0.4, 0.5) is 0 Å². The lowest BCUT2D eigenvalue weighted by Crippen LogP contribution is -2.28. The SMILES string of the molecule is c1ccc(C2=c3sc(-c4ccccc4)cc3=NC(n3c4ccc(-c5ccc6c(c5)c5ccccc5n6-c5ccc6oc7ccccc7c6c5)cc4c4ccc5ccccc5c43)[N-]2)cc1. The molecule has 5 nitrogen and oxygen atoms in total. The molecule has 0 N–H and O–H groups in total. The molecular formula is C58H35N4OS-. The van der Waals surface area contributed by atoms with Crippen molar-refractivity contribution in [3.63, 3.8) is 0 Å². The number of furan rings is 1. The van der Waals surface area contributed by atoms with Crippen molar-refractivity contribution in [1.29, 1.82) is 0 Å². The van der Waals surface area contributed by atoms with Gasteiger partial charge in [-0.25, -0.2) is 0 Å². The molecule has 1 aliphatic rings. The lowest BCUT2D eigenvalue weighted by molar-refractivity contribution is 0.637. The molecular weight excluding hydrogens is 801 g/mol. The molecule has 300 valence electrons. The van der Waals surface area contributed by atoms with Crippen LogP contribution in [0.25, 0.3) is 115 Å². The van der Waals surface area contributed by atoms with E-state index < -0.39 is 6.29 Å². The normalized spacial score (nSPS) is 14.0. The van der Waals surface area contributed by atoms with Gasteiger partial charge >= 0.3 is 0 Å². The molecule has 0 aliphatic carbocycles. The van der Waals surface area contributed by atoms with E-state index in [1.54, 1.807) is 11.3 Å². The van der Waals surface area contributed by atoms with E-state index in [4.69, 9.17) is 14.7 Å². The Morgan fingerprint density at radius 3 is 1.94 bits per heavy atom. The number of nitrogens with zero attached hydrogens (tertiary/aromatic N) is 4. The van der Waals surface area contributed by atoms with Gasteiger partial charge in [0.05, 0.1) is 28.2 Å². The van der Waals surface area contributed by atoms with Crippen LogP contribution in [0.2, 0.25) is 0 Å². The zero-order valence-corrected chi connectivity index (χ0v) is 35.1. The molecule has 0 radical (unpaired) electrons. The van der Waals surface area contributed by atoms with Crippen LogP contribution in [0.15, 0.2) is 216 Å². The molecule has 13 aromatic rings. The summed E-state index contributed by atoms with van der Waals surface area (Å²) >= 11 is 1.76. The summed E-state index contributed by atoms with van der Waals surface area (Å²) in [4.78, 5) is 6.68. The molecule has 1 aliphatic heterocycles. The van der Waals surface area contributed by atoms with Gasteiger partial charge in [0, 0.05) is 58.3 Å². The van der Waals surface area contributed by atoms with Crippen molar-refractivity contribution >= 4 is 93.4 Å². The average molecular weight is 836 g/mol. The van der Waals surface area contributed by atoms with Gasteiger partial charge in [0.15, 0.2) is 0 Å². The third-order valence-electron chi connectivity index (χ3n) is 13.1. The van der Waals surface area contributed by atoms with Crippen LogP contribution < -0.4 is 9.89 Å². The predicted octanol–water partition coefficient (Wildman–Crippen LogP) is 14.7. The lowest BCUT2D eigenvalue weighted by atomic mass is 10.00. The largest absolute Gasteiger partial charge is 0.644 e. The van der Waals surface area contributed by atoms with E-state index in [0.717, 1.165) is 70.9 Å². The van der Waals surface area contributed by atoms with Crippen LogP contribution in [0, 0.1) is 0 Å². The lowest BCUT2D eigenvalue weighted by Gasteiger charge is -2.37. The van der Waals surface area contributed by atoms with Crippen LogP contribution >= 0.6 is 11.3 Å². The average Bonchev–Trinajstić information content (AvgIpc) is 4.13. The number of aromatic nitrogens is 2. The molecule has 64 heavy (non-hydrogen) atoms. The second-order valence-electron chi connectivity index (χ2n) is 16.7. The standard InChI is InChI=1S/C58H35N4OS/c1-3-14-36(15-4-1)54-34-48-57(64-54)55(37-16-5-2-6-17-37)60-58(59-48)62-51-29-25-39(32-46(51)44-27-23-35-13-7-8-18-41(35)56(44)62)38-24-28-50-45(31-38)42-19-9-11-21-49(42)61(50)40-26-30-53-47(33-40)43-20-10-12-22-52(43)63-53/h1-34,58H/q-1. The van der Waals surface area contributed by atoms with Crippen LogP contribution in [-0.4, -0.2) is 9.13 Å². The number of benzene rings is 9. The van der Waals surface area contributed by atoms with E-state index in [9.17, 15) is 0 Å². The monoisotopic (exact) mass is 835 g/mol. The smallest absolute Gasteiger partial charge is 0.135 e. The second-order valence-corrected chi connectivity index (χ2v) is 17.7. The third kappa shape index (κ3) is 5.27. The molecule has 0 saturated heterocycles. The summed E-state index contributed by atoms with van der Waals surface area (Å²) < 4.78 is 12.1. The van der Waals surface area contributed by atoms with Crippen LogP contribution in [0.1, 0.15) is 11.9 Å². The van der Waals surface area contributed by atoms with E-state index in [0.29, 0.717) is 0 Å². The van der Waals surface area contributed by atoms with E-state index in [1.165, 1.54) is 53.8 Å². The van der Waals surface area contributed by atoms with Crippen molar-refractivity contribution < 1.29 is 4.42 Å². The van der Waals surface area contributed by atoms with Crippen molar-refractivity contribution in [2.24, 2.45) is 4.99 Å². The molecule has 9 aromatic carbocycles. The molecule has 0 amide bonds. The second kappa shape index (κ2) is 13.7. The van der Waals surface area contributed by atoms with E-state index in [1.807, 2.05) is 12.1 Å². The zero-order valence-electron chi connectivity index (χ0n) is 34.3. The maximum Gasteiger partial charge on any atom is 0.135 e. The Morgan fingerprint density at radius 2 is 1.11 bits per heavy atom. The summed E-state index contributed by atoms with van der Waals surface area (Å²) in [6.45, 7) is 0. The Labute approximate surface area is 370 Å². The van der Waals surface area contributed by atoms with E-state index in [-0.39, 0.29) is 0 Å². The summed E-state index contributed by atoms with van der Waals surface area (Å²) in [5, 5.41) is 15.9. The first kappa shape index (κ1) is 35.4. The molecule has 0 bridgehead atoms. The quantitative estimate of drug-likeness (QED) is 0.170. The minimum Gasteiger partial charge on any atom is -0.644 e. The molecule has 14 rings (SSSR count). The van der Waals surface area contributed by atoms with E-state index in [2.05, 4.69) is 203 Å². The van der Waals surface area contributed by atoms with Gasteiger partial charge in [-0.1, -0.05) is 146 Å². The van der Waals surface area contributed by atoms with Gasteiger partial charge in [-0.15, -0.1) is 17.0 Å². The zero-order chi connectivity index (χ0) is 41.9. The van der Waals surface area contributed by atoms with Crippen molar-refractivity contribution in [2.45, 2.75) is 6.29 Å². The minimum absolute atomic E-state index is 0.515. The molecule has 6 heteroatoms. The van der Waals surface area contributed by atoms with Gasteiger partial charge < -0.3 is 18.9 Å². The highest BCUT2D eigenvalue weighted by atomic mass is 32.1. The molecule has 0 spiro atoms. The summed E-state index contributed by atoms with van der Waals surface area (Å²) in [6, 6.07) is 74.0. The molecule has 5 heterocycles. The highest BCUT2D eigenvalue weighted by molar-refractivity contribution is 7.13. The number of fused-ring (bicyclic) bond motifs is 12. The van der Waals surface area contributed by atoms with Crippen molar-refractivity contribution in [3.8, 4) is 27.3 Å². The first-order valence-corrected chi connectivity index (χ1v) is 22.5.